The molecule has 0 amide bonds. The molecule has 0 fully saturated rings. The summed E-state index contributed by atoms with van der Waals surface area (Å²) >= 11 is 0. The predicted molar refractivity (Wildman–Crippen MR) is 69.5 cm³/mol. The maximum absolute atomic E-state index is 9.33. The molecule has 108 valence electrons. The van der Waals surface area contributed by atoms with Crippen LogP contribution in [0.15, 0.2) is 0 Å². The highest BCUT2D eigenvalue weighted by Gasteiger charge is 2.38. The molecule has 0 N–H and O–H groups in total. The van der Waals surface area contributed by atoms with Crippen molar-refractivity contribution in [3.8, 4) is 59.6 Å². The molecule has 0 spiro atoms. The van der Waals surface area contributed by atoms with Gasteiger partial charge in [-0.3, -0.25) is 0 Å². The van der Waals surface area contributed by atoms with Crippen LogP contribution in [0.2, 0.25) is 0 Å². The van der Waals surface area contributed by atoms with Gasteiger partial charge in [0.05, 0.1) is 5.56 Å². The minimum Gasteiger partial charge on any atom is -0.192 e. The highest BCUT2D eigenvalue weighted by atomic mass is 15.7. The Morgan fingerprint density at radius 2 is 1.25 bits per heavy atom. The van der Waals surface area contributed by atoms with Crippen molar-refractivity contribution in [2.24, 2.45) is 0 Å². The van der Waals surface area contributed by atoms with Crippen molar-refractivity contribution in [2.75, 3.05) is 0 Å². The molecule has 12 nitrogen and oxygen atoms in total. The van der Waals surface area contributed by atoms with Gasteiger partial charge >= 0.3 is 0 Å². The highest BCUT2D eigenvalue weighted by molar-refractivity contribution is 6.00. The maximum Gasteiger partial charge on any atom is 0.225 e. The Balaban J connectivity index is 2.58. The van der Waals surface area contributed by atoms with E-state index in [9.17, 15) is 21.0 Å². The first kappa shape index (κ1) is 13.9. The lowest BCUT2D eigenvalue weighted by Gasteiger charge is -2.27. The molecule has 3 rings (SSSR count). The second-order valence-corrected chi connectivity index (χ2v) is 4.17. The minimum atomic E-state index is -0.254. The molecule has 2 aromatic heterocycles. The summed E-state index contributed by atoms with van der Waals surface area (Å²) in [5.41, 5.74) is -0.183. The van der Waals surface area contributed by atoms with Crippen molar-refractivity contribution in [3.05, 3.63) is 11.3 Å². The monoisotopic (exact) mass is 312 g/mol. The smallest absolute Gasteiger partial charge is 0.192 e. The fourth-order valence-corrected chi connectivity index (χ4v) is 2.31. The number of hydrogen-bond donors (Lipinski definition) is 0. The number of aromatic nitrogens is 6. The molecule has 0 bridgehead atoms. The lowest BCUT2D eigenvalue weighted by Crippen LogP contribution is -2.33. The summed E-state index contributed by atoms with van der Waals surface area (Å²) in [5, 5.41) is 62.6. The lowest BCUT2D eigenvalue weighted by atomic mass is 9.89. The summed E-state index contributed by atoms with van der Waals surface area (Å²) in [6, 6.07) is 3.51. The second kappa shape index (κ2) is 4.76. The first-order chi connectivity index (χ1) is 11.7. The van der Waals surface area contributed by atoms with Crippen LogP contribution in [0.3, 0.4) is 0 Å². The van der Waals surface area contributed by atoms with E-state index in [4.69, 9.17) is 10.5 Å². The van der Waals surface area contributed by atoms with E-state index in [0.29, 0.717) is 9.59 Å². The number of nitriles is 6. The van der Waals surface area contributed by atoms with Crippen molar-refractivity contribution in [1.82, 2.24) is 29.2 Å². The number of fused-ring (bicyclic) bond motifs is 4. The van der Waals surface area contributed by atoms with Crippen molar-refractivity contribution in [3.63, 3.8) is 0 Å². The first-order valence-electron chi connectivity index (χ1n) is 5.93. The number of hydrogen-bond acceptors (Lipinski definition) is 8. The van der Waals surface area contributed by atoms with Gasteiger partial charge in [-0.1, -0.05) is 9.59 Å². The maximum atomic E-state index is 9.33. The predicted octanol–water partition coefficient (Wildman–Crippen LogP) is -0.486. The zero-order chi connectivity index (χ0) is 17.4. The van der Waals surface area contributed by atoms with Crippen LogP contribution in [0, 0.1) is 68.5 Å². The van der Waals surface area contributed by atoms with Gasteiger partial charge in [0.2, 0.25) is 24.8 Å². The van der Waals surface area contributed by atoms with Crippen LogP contribution in [0.25, 0.3) is 22.6 Å². The Bertz CT molecular complexity index is 1210. The molecular formula is C12N12. The quantitative estimate of drug-likeness (QED) is 0.531. The molecule has 12 heteroatoms. The number of rotatable bonds is 0. The van der Waals surface area contributed by atoms with Gasteiger partial charge in [0.25, 0.3) is 0 Å². The molecule has 24 heavy (non-hydrogen) atoms. The molecule has 0 saturated heterocycles. The zero-order valence-electron chi connectivity index (χ0n) is 11.4. The molecule has 0 radical (unpaired) electrons. The molecule has 0 saturated carbocycles. The van der Waals surface area contributed by atoms with Crippen LogP contribution in [0.4, 0.5) is 0 Å². The van der Waals surface area contributed by atoms with Crippen LogP contribution in [0.5, 0.6) is 0 Å². The lowest BCUT2D eigenvalue weighted by molar-refractivity contribution is 0.469. The van der Waals surface area contributed by atoms with E-state index in [1.807, 2.05) is 0 Å². The van der Waals surface area contributed by atoms with E-state index < -0.39 is 0 Å². The van der Waals surface area contributed by atoms with Crippen molar-refractivity contribution in [2.45, 2.75) is 0 Å². The average Bonchev–Trinajstić information content (AvgIpc) is 2.62. The van der Waals surface area contributed by atoms with Gasteiger partial charge in [0, 0.05) is 0 Å². The van der Waals surface area contributed by atoms with Gasteiger partial charge < -0.3 is 0 Å². The van der Waals surface area contributed by atoms with E-state index in [2.05, 4.69) is 10.2 Å². The molecule has 1 aliphatic rings. The third-order valence-electron chi connectivity index (χ3n) is 3.23. The molecule has 0 atom stereocenters. The van der Waals surface area contributed by atoms with Crippen molar-refractivity contribution in [1.29, 1.82) is 31.6 Å². The van der Waals surface area contributed by atoms with Crippen molar-refractivity contribution >= 4 is 0 Å². The van der Waals surface area contributed by atoms with E-state index in [-0.39, 0.29) is 33.9 Å². The third-order valence-corrected chi connectivity index (χ3v) is 3.23. The number of nitrogens with zero attached hydrogens (tertiary/aromatic N) is 12. The first-order valence-corrected chi connectivity index (χ1v) is 5.93. The van der Waals surface area contributed by atoms with E-state index in [1.54, 1.807) is 36.9 Å². The third kappa shape index (κ3) is 1.38. The summed E-state index contributed by atoms with van der Waals surface area (Å²) in [5.74, 6) is 0. The summed E-state index contributed by atoms with van der Waals surface area (Å²) in [7, 11) is 0. The van der Waals surface area contributed by atoms with E-state index >= 15 is 0 Å². The summed E-state index contributed by atoms with van der Waals surface area (Å²) in [6.45, 7) is 0. The zero-order valence-corrected chi connectivity index (χ0v) is 11.4. The molecule has 2 aromatic rings. The van der Waals surface area contributed by atoms with Crippen molar-refractivity contribution < 1.29 is 0 Å². The fraction of sp³-hybridized carbons (Fsp3) is 0. The van der Waals surface area contributed by atoms with Gasteiger partial charge in [0.1, 0.15) is 34.8 Å². The standard InChI is InChI=1S/C12N12/c13-1-7-8(2-14)19-20-10-9(7)11-12(10)22(4-16)24(6-18)23(5-17)21(11)3-15. The van der Waals surface area contributed by atoms with Crippen LogP contribution < -0.4 is 0 Å². The Morgan fingerprint density at radius 3 is 1.71 bits per heavy atom. The average molecular weight is 312 g/mol. The molecule has 0 aliphatic heterocycles. The SMILES string of the molecule is N#Cc1nnc2c(c1C#N)-c1c-2n(C#N)n(C#N)n(C#N)n1C#N. The van der Waals surface area contributed by atoms with Crippen LogP contribution in [0.1, 0.15) is 11.3 Å². The van der Waals surface area contributed by atoms with Gasteiger partial charge in [-0.25, -0.2) is 0 Å². The second-order valence-electron chi connectivity index (χ2n) is 4.17. The van der Waals surface area contributed by atoms with Gasteiger partial charge in [-0.15, -0.1) is 10.2 Å². The topological polar surface area (TPSA) is 188 Å². The van der Waals surface area contributed by atoms with Crippen LogP contribution in [-0.4, -0.2) is 29.2 Å². The van der Waals surface area contributed by atoms with E-state index in [1.165, 1.54) is 0 Å². The Kier molecular flexibility index (Phi) is 2.76. The molecule has 0 unspecified atom stereocenters. The van der Waals surface area contributed by atoms with Crippen LogP contribution >= 0.6 is 0 Å². The molecular weight excluding hydrogens is 312 g/mol. The fourth-order valence-electron chi connectivity index (χ4n) is 2.31. The normalized spacial score (nSPS) is 9.42. The Hall–Kier alpha value is -5.04. The Morgan fingerprint density at radius 1 is 0.667 bits per heavy atom. The molecule has 0 aromatic carbocycles. The summed E-state index contributed by atoms with van der Waals surface area (Å²) < 4.78 is 1.45. The van der Waals surface area contributed by atoms with Crippen LogP contribution in [-0.2, 0) is 0 Å². The molecule has 1 aliphatic carbocycles. The summed E-state index contributed by atoms with van der Waals surface area (Å²) in [4.78, 5) is 1.07. The van der Waals surface area contributed by atoms with Gasteiger partial charge in [-0.05, 0) is 0 Å². The minimum absolute atomic E-state index is 0.00468. The molecule has 2 heterocycles. The Labute approximate surface area is 132 Å². The van der Waals surface area contributed by atoms with E-state index in [0.717, 1.165) is 9.36 Å². The van der Waals surface area contributed by atoms with Gasteiger partial charge in [-0.2, -0.15) is 40.9 Å². The summed E-state index contributed by atoms with van der Waals surface area (Å²) in [6.07, 6.45) is 6.54. The highest BCUT2D eigenvalue weighted by Crippen LogP contribution is 2.46. The largest absolute Gasteiger partial charge is 0.225 e. The van der Waals surface area contributed by atoms with Gasteiger partial charge in [0.15, 0.2) is 5.69 Å².